The second-order valence-electron chi connectivity index (χ2n) is 9.59. The largest absolute Gasteiger partial charge is 0.493 e. The number of amides is 1. The molecule has 1 aliphatic heterocycles. The number of aliphatic imine (C=N–C) groups is 1. The van der Waals surface area contributed by atoms with E-state index >= 15 is 0 Å². The van der Waals surface area contributed by atoms with Crippen molar-refractivity contribution in [3.05, 3.63) is 130 Å². The molecule has 5 rings (SSSR count). The Hall–Kier alpha value is -5.08. The van der Waals surface area contributed by atoms with Crippen LogP contribution in [0.3, 0.4) is 0 Å². The van der Waals surface area contributed by atoms with Gasteiger partial charge in [-0.2, -0.15) is 0 Å². The van der Waals surface area contributed by atoms with Crippen LogP contribution in [0.1, 0.15) is 33.2 Å². The van der Waals surface area contributed by atoms with E-state index in [0.29, 0.717) is 27.8 Å². The molecule has 8 nitrogen and oxygen atoms in total. The predicted molar refractivity (Wildman–Crippen MR) is 166 cm³/mol. The molecule has 1 N–H and O–H groups in total. The lowest BCUT2D eigenvalue weighted by Crippen LogP contribution is -2.36. The average molecular weight is 597 g/mol. The summed E-state index contributed by atoms with van der Waals surface area (Å²) in [5.74, 6) is 0.197. The van der Waals surface area contributed by atoms with E-state index in [1.165, 1.54) is 27.4 Å². The highest BCUT2D eigenvalue weighted by Gasteiger charge is 2.39. The topological polar surface area (TPSA) is 95.5 Å². The maximum Gasteiger partial charge on any atom is 0.341 e. The van der Waals surface area contributed by atoms with Gasteiger partial charge in [-0.25, -0.2) is 4.79 Å². The second-order valence-corrected chi connectivity index (χ2v) is 10.0. The van der Waals surface area contributed by atoms with Gasteiger partial charge in [0.1, 0.15) is 17.4 Å². The van der Waals surface area contributed by atoms with Crippen molar-refractivity contribution in [3.8, 4) is 17.2 Å². The van der Waals surface area contributed by atoms with E-state index in [4.69, 9.17) is 30.5 Å². The summed E-state index contributed by atoms with van der Waals surface area (Å²) in [7, 11) is 4.35. The highest BCUT2D eigenvalue weighted by atomic mass is 35.5. The molecule has 1 heterocycles. The summed E-state index contributed by atoms with van der Waals surface area (Å²) in [6.45, 7) is 0. The zero-order valence-electron chi connectivity index (χ0n) is 23.7. The third-order valence-corrected chi connectivity index (χ3v) is 7.25. The molecule has 218 valence electrons. The van der Waals surface area contributed by atoms with Gasteiger partial charge in [0, 0.05) is 16.9 Å². The molecule has 2 atom stereocenters. The SMILES string of the molecule is COC(=O)c1cc(NC(=O)C2(c3ccc(OC)c(OC)c3)C=CC=N2)ccc1OC(c1ccccc1)c1cccc(Cl)c1. The standard InChI is InChI=1S/C34H29ClN2O6/c1-40-29-15-13-24(20-30(29)41-2)34(17-8-18-36-34)33(39)37-26-14-16-28(27(21-26)32(38)42-3)43-31(22-9-5-4-6-10-22)23-11-7-12-25(35)19-23/h4-21,31H,1-3H3,(H,37,39). The number of nitrogens with one attached hydrogen (secondary N) is 1. The highest BCUT2D eigenvalue weighted by Crippen LogP contribution is 2.38. The van der Waals surface area contributed by atoms with Crippen LogP contribution in [0.4, 0.5) is 5.69 Å². The number of carbonyl (C=O) groups excluding carboxylic acids is 2. The van der Waals surface area contributed by atoms with Crippen LogP contribution in [-0.4, -0.2) is 39.4 Å². The van der Waals surface area contributed by atoms with E-state index in [1.54, 1.807) is 54.8 Å². The van der Waals surface area contributed by atoms with E-state index in [9.17, 15) is 9.59 Å². The van der Waals surface area contributed by atoms with Crippen LogP contribution in [-0.2, 0) is 15.1 Å². The number of esters is 1. The number of allylic oxidation sites excluding steroid dienone is 1. The lowest BCUT2D eigenvalue weighted by molar-refractivity contribution is -0.119. The molecule has 43 heavy (non-hydrogen) atoms. The Balaban J connectivity index is 1.49. The third kappa shape index (κ3) is 6.10. The lowest BCUT2D eigenvalue weighted by atomic mass is 9.89. The average Bonchev–Trinajstić information content (AvgIpc) is 3.55. The number of nitrogens with zero attached hydrogens (tertiary/aromatic N) is 1. The highest BCUT2D eigenvalue weighted by molar-refractivity contribution is 6.30. The van der Waals surface area contributed by atoms with Gasteiger partial charge >= 0.3 is 5.97 Å². The summed E-state index contributed by atoms with van der Waals surface area (Å²) in [4.78, 5) is 31.3. The first kappa shape index (κ1) is 29.4. The van der Waals surface area contributed by atoms with E-state index < -0.39 is 23.5 Å². The van der Waals surface area contributed by atoms with Crippen molar-refractivity contribution in [2.75, 3.05) is 26.6 Å². The summed E-state index contributed by atoms with van der Waals surface area (Å²) in [5, 5.41) is 3.46. The fraction of sp³-hybridized carbons (Fsp3) is 0.147. The molecule has 0 radical (unpaired) electrons. The fourth-order valence-electron chi connectivity index (χ4n) is 4.85. The van der Waals surface area contributed by atoms with Crippen molar-refractivity contribution < 1.29 is 28.5 Å². The van der Waals surface area contributed by atoms with Crippen LogP contribution in [0, 0.1) is 0 Å². The lowest BCUT2D eigenvalue weighted by Gasteiger charge is -2.25. The first-order chi connectivity index (χ1) is 20.9. The molecule has 0 saturated heterocycles. The number of hydrogen-bond donors (Lipinski definition) is 1. The smallest absolute Gasteiger partial charge is 0.341 e. The predicted octanol–water partition coefficient (Wildman–Crippen LogP) is 6.79. The summed E-state index contributed by atoms with van der Waals surface area (Å²) in [5.41, 5.74) is 1.37. The molecule has 0 fully saturated rings. The van der Waals surface area contributed by atoms with Gasteiger partial charge in [-0.3, -0.25) is 9.79 Å². The van der Waals surface area contributed by atoms with Crippen LogP contribution in [0.5, 0.6) is 17.2 Å². The molecule has 4 aromatic carbocycles. The van der Waals surface area contributed by atoms with Gasteiger partial charge in [0.05, 0.1) is 21.3 Å². The summed E-state index contributed by atoms with van der Waals surface area (Å²) in [6, 6.07) is 26.9. The first-order valence-electron chi connectivity index (χ1n) is 13.3. The molecular weight excluding hydrogens is 568 g/mol. The van der Waals surface area contributed by atoms with Gasteiger partial charge in [0.25, 0.3) is 5.91 Å². The minimum Gasteiger partial charge on any atom is -0.493 e. The molecule has 0 saturated carbocycles. The van der Waals surface area contributed by atoms with Crippen LogP contribution < -0.4 is 19.5 Å². The van der Waals surface area contributed by atoms with Gasteiger partial charge in [-0.1, -0.05) is 60.1 Å². The minimum absolute atomic E-state index is 0.133. The normalized spacial score (nSPS) is 15.9. The van der Waals surface area contributed by atoms with Crippen molar-refractivity contribution in [2.24, 2.45) is 4.99 Å². The van der Waals surface area contributed by atoms with Crippen LogP contribution in [0.25, 0.3) is 0 Å². The van der Waals surface area contributed by atoms with E-state index in [-0.39, 0.29) is 11.3 Å². The Labute approximate surface area is 254 Å². The summed E-state index contributed by atoms with van der Waals surface area (Å²) >= 11 is 6.30. The minimum atomic E-state index is -1.36. The molecule has 2 unspecified atom stereocenters. The van der Waals surface area contributed by atoms with Crippen molar-refractivity contribution in [3.63, 3.8) is 0 Å². The van der Waals surface area contributed by atoms with Gasteiger partial charge in [-0.05, 0) is 71.3 Å². The number of halogens is 1. The Morgan fingerprint density at radius 2 is 1.56 bits per heavy atom. The van der Waals surface area contributed by atoms with Crippen molar-refractivity contribution in [1.82, 2.24) is 0 Å². The molecule has 0 bridgehead atoms. The molecule has 9 heteroatoms. The maximum absolute atomic E-state index is 13.8. The third-order valence-electron chi connectivity index (χ3n) is 7.01. The molecular formula is C34H29ClN2O6. The number of methoxy groups -OCH3 is 3. The Morgan fingerprint density at radius 3 is 2.23 bits per heavy atom. The van der Waals surface area contributed by atoms with Gasteiger partial charge in [-0.15, -0.1) is 0 Å². The Kier molecular flexibility index (Phi) is 8.78. The maximum atomic E-state index is 13.8. The van der Waals surface area contributed by atoms with E-state index in [0.717, 1.165) is 11.1 Å². The molecule has 4 aromatic rings. The number of benzene rings is 4. The van der Waals surface area contributed by atoms with Crippen molar-refractivity contribution in [2.45, 2.75) is 11.6 Å². The van der Waals surface area contributed by atoms with Gasteiger partial charge in [0.2, 0.25) is 0 Å². The quantitative estimate of drug-likeness (QED) is 0.203. The zero-order chi connectivity index (χ0) is 30.4. The van der Waals surface area contributed by atoms with Crippen LogP contribution in [0.2, 0.25) is 5.02 Å². The van der Waals surface area contributed by atoms with Crippen LogP contribution >= 0.6 is 11.6 Å². The Bertz CT molecular complexity index is 1690. The van der Waals surface area contributed by atoms with Gasteiger partial charge in [0.15, 0.2) is 17.0 Å². The molecule has 1 amide bonds. The molecule has 0 aliphatic carbocycles. The number of hydrogen-bond acceptors (Lipinski definition) is 7. The van der Waals surface area contributed by atoms with E-state index in [2.05, 4.69) is 10.3 Å². The molecule has 1 aliphatic rings. The fourth-order valence-corrected chi connectivity index (χ4v) is 5.05. The summed E-state index contributed by atoms with van der Waals surface area (Å²) < 4.78 is 22.3. The summed E-state index contributed by atoms with van der Waals surface area (Å²) in [6.07, 6.45) is 4.38. The Morgan fingerprint density at radius 1 is 0.814 bits per heavy atom. The van der Waals surface area contributed by atoms with Crippen molar-refractivity contribution >= 4 is 35.4 Å². The first-order valence-corrected chi connectivity index (χ1v) is 13.7. The van der Waals surface area contributed by atoms with Gasteiger partial charge < -0.3 is 24.3 Å². The number of anilines is 1. The molecule has 0 aromatic heterocycles. The second kappa shape index (κ2) is 12.8. The zero-order valence-corrected chi connectivity index (χ0v) is 24.5. The number of rotatable bonds is 10. The number of carbonyl (C=O) groups is 2. The number of ether oxygens (including phenoxy) is 4. The monoisotopic (exact) mass is 596 g/mol. The molecule has 0 spiro atoms. The van der Waals surface area contributed by atoms with E-state index in [1.807, 2.05) is 48.5 Å². The van der Waals surface area contributed by atoms with Crippen molar-refractivity contribution in [1.29, 1.82) is 0 Å². The van der Waals surface area contributed by atoms with Crippen LogP contribution in [0.15, 0.2) is 108 Å².